The fourth-order valence-corrected chi connectivity index (χ4v) is 1.02. The molecule has 0 spiro atoms. The van der Waals surface area contributed by atoms with Crippen LogP contribution < -0.4 is 10.1 Å². The summed E-state index contributed by atoms with van der Waals surface area (Å²) in [5.41, 5.74) is 0.759. The lowest BCUT2D eigenvalue weighted by molar-refractivity contribution is -0.116. The number of carbonyl (C=O) groups is 1. The standard InChI is InChI=1S/C11H15N3O2/c1-3-12-10(15)6-5-9-7-13-11(14-8-9)16-4-2/h5-8H,3-4H2,1-2H3,(H,12,15)/b6-5+. The van der Waals surface area contributed by atoms with Gasteiger partial charge >= 0.3 is 6.01 Å². The van der Waals surface area contributed by atoms with Crippen molar-refractivity contribution < 1.29 is 9.53 Å². The van der Waals surface area contributed by atoms with E-state index in [1.54, 1.807) is 18.5 Å². The van der Waals surface area contributed by atoms with Crippen molar-refractivity contribution in [1.29, 1.82) is 0 Å². The first-order valence-electron chi connectivity index (χ1n) is 5.17. The average molecular weight is 221 g/mol. The van der Waals surface area contributed by atoms with E-state index >= 15 is 0 Å². The number of nitrogens with zero attached hydrogens (tertiary/aromatic N) is 2. The van der Waals surface area contributed by atoms with Gasteiger partial charge in [0.15, 0.2) is 0 Å². The minimum absolute atomic E-state index is 0.128. The largest absolute Gasteiger partial charge is 0.464 e. The van der Waals surface area contributed by atoms with Gasteiger partial charge in [0.05, 0.1) is 6.61 Å². The predicted molar refractivity (Wildman–Crippen MR) is 60.9 cm³/mol. The molecule has 0 aromatic carbocycles. The fraction of sp³-hybridized carbons (Fsp3) is 0.364. The first-order valence-corrected chi connectivity index (χ1v) is 5.17. The molecule has 0 aliphatic heterocycles. The third kappa shape index (κ3) is 4.08. The number of likely N-dealkylation sites (N-methyl/N-ethyl adjacent to an activating group) is 1. The molecule has 1 heterocycles. The number of hydrogen-bond acceptors (Lipinski definition) is 4. The van der Waals surface area contributed by atoms with Crippen molar-refractivity contribution in [1.82, 2.24) is 15.3 Å². The summed E-state index contributed by atoms with van der Waals surface area (Å²) in [5, 5.41) is 2.66. The summed E-state index contributed by atoms with van der Waals surface area (Å²) < 4.78 is 5.10. The van der Waals surface area contributed by atoms with Gasteiger partial charge in [0.2, 0.25) is 5.91 Å². The Hall–Kier alpha value is -1.91. The highest BCUT2D eigenvalue weighted by Gasteiger charge is 1.96. The van der Waals surface area contributed by atoms with Crippen molar-refractivity contribution in [3.63, 3.8) is 0 Å². The molecule has 1 amide bonds. The van der Waals surface area contributed by atoms with Gasteiger partial charge in [-0.2, -0.15) is 0 Å². The number of nitrogens with one attached hydrogen (secondary N) is 1. The van der Waals surface area contributed by atoms with E-state index < -0.39 is 0 Å². The smallest absolute Gasteiger partial charge is 0.316 e. The minimum atomic E-state index is -0.128. The Morgan fingerprint density at radius 1 is 1.44 bits per heavy atom. The molecule has 16 heavy (non-hydrogen) atoms. The number of ether oxygens (including phenoxy) is 1. The summed E-state index contributed by atoms with van der Waals surface area (Å²) in [5.74, 6) is -0.128. The van der Waals surface area contributed by atoms with Crippen LogP contribution >= 0.6 is 0 Å². The predicted octanol–water partition coefficient (Wildman–Crippen LogP) is 1.02. The Bertz CT molecular complexity index is 360. The first-order chi connectivity index (χ1) is 7.76. The van der Waals surface area contributed by atoms with Gasteiger partial charge in [-0.1, -0.05) is 0 Å². The van der Waals surface area contributed by atoms with Crippen molar-refractivity contribution in [2.45, 2.75) is 13.8 Å². The van der Waals surface area contributed by atoms with Crippen LogP contribution in [0.4, 0.5) is 0 Å². The lowest BCUT2D eigenvalue weighted by Crippen LogP contribution is -2.19. The zero-order valence-corrected chi connectivity index (χ0v) is 9.43. The number of rotatable bonds is 5. The average Bonchev–Trinajstić information content (AvgIpc) is 2.29. The summed E-state index contributed by atoms with van der Waals surface area (Å²) in [6, 6.07) is 0.345. The van der Waals surface area contributed by atoms with Gasteiger partial charge < -0.3 is 10.1 Å². The molecule has 0 aliphatic carbocycles. The Labute approximate surface area is 94.6 Å². The van der Waals surface area contributed by atoms with Crippen molar-refractivity contribution in [2.75, 3.05) is 13.2 Å². The van der Waals surface area contributed by atoms with Crippen LogP contribution in [0.5, 0.6) is 6.01 Å². The molecular weight excluding hydrogens is 206 g/mol. The van der Waals surface area contributed by atoms with Crippen LogP contribution in [0.1, 0.15) is 19.4 Å². The van der Waals surface area contributed by atoms with Crippen LogP contribution in [-0.4, -0.2) is 29.0 Å². The Morgan fingerprint density at radius 2 is 2.12 bits per heavy atom. The lowest BCUT2D eigenvalue weighted by atomic mass is 10.3. The summed E-state index contributed by atoms with van der Waals surface area (Å²) >= 11 is 0. The molecule has 1 aromatic heterocycles. The third-order valence-corrected chi connectivity index (χ3v) is 1.70. The van der Waals surface area contributed by atoms with E-state index in [4.69, 9.17) is 4.74 Å². The summed E-state index contributed by atoms with van der Waals surface area (Å²) in [6.45, 7) is 4.88. The van der Waals surface area contributed by atoms with Crippen LogP contribution in [0.2, 0.25) is 0 Å². The first kappa shape index (κ1) is 12.2. The van der Waals surface area contributed by atoms with Gasteiger partial charge in [0.25, 0.3) is 0 Å². The molecule has 0 saturated carbocycles. The highest BCUT2D eigenvalue weighted by molar-refractivity contribution is 5.91. The Balaban J connectivity index is 2.57. The van der Waals surface area contributed by atoms with Gasteiger partial charge in [-0.25, -0.2) is 9.97 Å². The monoisotopic (exact) mass is 221 g/mol. The number of aromatic nitrogens is 2. The molecule has 1 N–H and O–H groups in total. The van der Waals surface area contributed by atoms with Crippen molar-refractivity contribution in [3.05, 3.63) is 24.0 Å². The molecule has 0 aliphatic rings. The van der Waals surface area contributed by atoms with Crippen molar-refractivity contribution in [3.8, 4) is 6.01 Å². The van der Waals surface area contributed by atoms with E-state index in [9.17, 15) is 4.79 Å². The molecule has 86 valence electrons. The van der Waals surface area contributed by atoms with Gasteiger partial charge in [0, 0.05) is 30.6 Å². The van der Waals surface area contributed by atoms with Crippen LogP contribution in [-0.2, 0) is 4.79 Å². The van der Waals surface area contributed by atoms with E-state index in [0.717, 1.165) is 5.56 Å². The normalized spacial score (nSPS) is 10.4. The fourth-order valence-electron chi connectivity index (χ4n) is 1.02. The van der Waals surface area contributed by atoms with Gasteiger partial charge in [-0.15, -0.1) is 0 Å². The zero-order chi connectivity index (χ0) is 11.8. The second-order valence-electron chi connectivity index (χ2n) is 2.96. The molecule has 0 bridgehead atoms. The molecule has 0 saturated heterocycles. The summed E-state index contributed by atoms with van der Waals surface area (Å²) in [4.78, 5) is 19.1. The highest BCUT2D eigenvalue weighted by Crippen LogP contribution is 2.03. The molecule has 5 heteroatoms. The molecule has 0 unspecified atom stereocenters. The Morgan fingerprint density at radius 3 is 2.69 bits per heavy atom. The van der Waals surface area contributed by atoms with E-state index in [2.05, 4.69) is 15.3 Å². The van der Waals surface area contributed by atoms with E-state index in [-0.39, 0.29) is 5.91 Å². The Kier molecular flexibility index (Phi) is 4.98. The van der Waals surface area contributed by atoms with Crippen LogP contribution in [0.15, 0.2) is 18.5 Å². The van der Waals surface area contributed by atoms with E-state index in [0.29, 0.717) is 19.2 Å². The van der Waals surface area contributed by atoms with Crippen LogP contribution in [0.25, 0.3) is 6.08 Å². The molecule has 0 fully saturated rings. The second kappa shape index (κ2) is 6.55. The summed E-state index contributed by atoms with van der Waals surface area (Å²) in [7, 11) is 0. The van der Waals surface area contributed by atoms with Gasteiger partial charge in [0.1, 0.15) is 0 Å². The maximum Gasteiger partial charge on any atom is 0.316 e. The number of amides is 1. The van der Waals surface area contributed by atoms with Crippen molar-refractivity contribution in [2.24, 2.45) is 0 Å². The van der Waals surface area contributed by atoms with Gasteiger partial charge in [-0.3, -0.25) is 4.79 Å². The summed E-state index contributed by atoms with van der Waals surface area (Å²) in [6.07, 6.45) is 6.31. The zero-order valence-electron chi connectivity index (χ0n) is 9.43. The van der Waals surface area contributed by atoms with Crippen LogP contribution in [0.3, 0.4) is 0 Å². The molecule has 1 rings (SSSR count). The molecular formula is C11H15N3O2. The molecule has 1 aromatic rings. The highest BCUT2D eigenvalue weighted by atomic mass is 16.5. The topological polar surface area (TPSA) is 64.1 Å². The van der Waals surface area contributed by atoms with Crippen LogP contribution in [0, 0.1) is 0 Å². The van der Waals surface area contributed by atoms with E-state index in [1.807, 2.05) is 13.8 Å². The van der Waals surface area contributed by atoms with Crippen molar-refractivity contribution >= 4 is 12.0 Å². The SMILES string of the molecule is CCNC(=O)/C=C/c1cnc(OCC)nc1. The third-order valence-electron chi connectivity index (χ3n) is 1.70. The lowest BCUT2D eigenvalue weighted by Gasteiger charge is -1.99. The minimum Gasteiger partial charge on any atom is -0.464 e. The van der Waals surface area contributed by atoms with Gasteiger partial charge in [-0.05, 0) is 19.9 Å². The maximum absolute atomic E-state index is 11.1. The molecule has 5 nitrogen and oxygen atoms in total. The second-order valence-corrected chi connectivity index (χ2v) is 2.96. The van der Waals surface area contributed by atoms with E-state index in [1.165, 1.54) is 6.08 Å². The quantitative estimate of drug-likeness (QED) is 0.754. The number of hydrogen-bond donors (Lipinski definition) is 1. The molecule has 0 radical (unpaired) electrons. The maximum atomic E-state index is 11.1. The number of carbonyl (C=O) groups excluding carboxylic acids is 1. The molecule has 0 atom stereocenters.